The SMILES string of the molecule is CC(CCCC1=C(c2ccc(Cl)cc2)NC2=CCC(CN3CCN(c4ccccc4)CC3)C=C2N1)C(=O)O. The molecule has 200 valence electrons. The van der Waals surface area contributed by atoms with Crippen LogP contribution in [0.3, 0.4) is 0 Å². The average molecular weight is 533 g/mol. The molecule has 2 unspecified atom stereocenters. The number of para-hydroxylation sites is 1. The molecule has 2 heterocycles. The van der Waals surface area contributed by atoms with Gasteiger partial charge in [0.1, 0.15) is 0 Å². The Hall–Kier alpha value is -3.22. The van der Waals surface area contributed by atoms with Crippen LogP contribution >= 0.6 is 11.6 Å². The summed E-state index contributed by atoms with van der Waals surface area (Å²) in [5, 5.41) is 17.4. The maximum absolute atomic E-state index is 11.3. The Bertz CT molecular complexity index is 1210. The van der Waals surface area contributed by atoms with Crippen molar-refractivity contribution < 1.29 is 9.90 Å². The normalized spacial score (nSPS) is 20.6. The molecule has 5 rings (SSSR count). The standard InChI is InChI=1S/C31H37ClN4O2/c1-22(31(37)38)6-5-9-28-30(24-11-13-25(32)14-12-24)34-27-15-10-23(20-29(27)33-28)21-35-16-18-36(19-17-35)26-7-3-2-4-8-26/h2-4,7-8,11-15,20,22-23,33-34H,5-6,9-10,16-19,21H2,1H3,(H,37,38). The smallest absolute Gasteiger partial charge is 0.306 e. The van der Waals surface area contributed by atoms with E-state index in [0.717, 1.165) is 80.3 Å². The molecule has 3 aliphatic rings. The predicted molar refractivity (Wildman–Crippen MR) is 155 cm³/mol. The van der Waals surface area contributed by atoms with Crippen molar-refractivity contribution in [2.75, 3.05) is 37.6 Å². The van der Waals surface area contributed by atoms with E-state index in [1.807, 2.05) is 24.3 Å². The number of hydrogen-bond donors (Lipinski definition) is 3. The van der Waals surface area contributed by atoms with E-state index >= 15 is 0 Å². The lowest BCUT2D eigenvalue weighted by Crippen LogP contribution is -2.48. The first kappa shape index (κ1) is 26.4. The summed E-state index contributed by atoms with van der Waals surface area (Å²) < 4.78 is 0. The van der Waals surface area contributed by atoms with E-state index in [-0.39, 0.29) is 5.92 Å². The van der Waals surface area contributed by atoms with Gasteiger partial charge in [0.25, 0.3) is 0 Å². The number of fused-ring (bicyclic) bond motifs is 1. The van der Waals surface area contributed by atoms with Crippen molar-refractivity contribution in [1.82, 2.24) is 15.5 Å². The Morgan fingerprint density at radius 2 is 1.76 bits per heavy atom. The van der Waals surface area contributed by atoms with Gasteiger partial charge < -0.3 is 20.6 Å². The zero-order valence-corrected chi connectivity index (χ0v) is 22.8. The summed E-state index contributed by atoms with van der Waals surface area (Å²) in [5.41, 5.74) is 6.77. The molecular weight excluding hydrogens is 496 g/mol. The van der Waals surface area contributed by atoms with E-state index in [1.54, 1.807) is 6.92 Å². The molecule has 1 saturated heterocycles. The third-order valence-electron chi connectivity index (χ3n) is 7.77. The fourth-order valence-corrected chi connectivity index (χ4v) is 5.61. The number of nitrogens with one attached hydrogen (secondary N) is 2. The predicted octanol–water partition coefficient (Wildman–Crippen LogP) is 5.70. The number of benzene rings is 2. The molecule has 6 nitrogen and oxygen atoms in total. The summed E-state index contributed by atoms with van der Waals surface area (Å²) in [6, 6.07) is 18.6. The minimum absolute atomic E-state index is 0.345. The molecule has 2 atom stereocenters. The van der Waals surface area contributed by atoms with Gasteiger partial charge in [-0.3, -0.25) is 9.69 Å². The van der Waals surface area contributed by atoms with Gasteiger partial charge in [-0.15, -0.1) is 0 Å². The molecule has 0 amide bonds. The van der Waals surface area contributed by atoms with Crippen molar-refractivity contribution in [3.05, 3.63) is 94.4 Å². The van der Waals surface area contributed by atoms with Crippen molar-refractivity contribution >= 4 is 29.0 Å². The van der Waals surface area contributed by atoms with Crippen LogP contribution in [0, 0.1) is 11.8 Å². The van der Waals surface area contributed by atoms with Crippen LogP contribution in [0.4, 0.5) is 5.69 Å². The Balaban J connectivity index is 1.25. The van der Waals surface area contributed by atoms with Crippen molar-refractivity contribution in [3.8, 4) is 0 Å². The minimum atomic E-state index is -0.737. The van der Waals surface area contributed by atoms with Crippen molar-refractivity contribution in [2.45, 2.75) is 32.6 Å². The van der Waals surface area contributed by atoms with Crippen molar-refractivity contribution in [3.63, 3.8) is 0 Å². The molecule has 7 heteroatoms. The summed E-state index contributed by atoms with van der Waals surface area (Å²) in [6.45, 7) is 7.09. The average Bonchev–Trinajstić information content (AvgIpc) is 2.94. The van der Waals surface area contributed by atoms with Gasteiger partial charge in [0.2, 0.25) is 0 Å². The highest BCUT2D eigenvalue weighted by molar-refractivity contribution is 6.30. The van der Waals surface area contributed by atoms with Gasteiger partial charge in [0, 0.05) is 49.1 Å². The van der Waals surface area contributed by atoms with E-state index in [1.165, 1.54) is 5.69 Å². The van der Waals surface area contributed by atoms with Gasteiger partial charge >= 0.3 is 5.97 Å². The lowest BCUT2D eigenvalue weighted by Gasteiger charge is -2.38. The van der Waals surface area contributed by atoms with Crippen LogP contribution in [0.25, 0.3) is 5.70 Å². The molecule has 3 N–H and O–H groups in total. The highest BCUT2D eigenvalue weighted by Crippen LogP contribution is 2.32. The number of carboxylic acids is 1. The molecule has 0 aromatic heterocycles. The van der Waals surface area contributed by atoms with Crippen LogP contribution in [0.2, 0.25) is 5.02 Å². The number of aliphatic carboxylic acids is 1. The monoisotopic (exact) mass is 532 g/mol. The first-order chi connectivity index (χ1) is 18.5. The zero-order chi connectivity index (χ0) is 26.5. The summed E-state index contributed by atoms with van der Waals surface area (Å²) in [7, 11) is 0. The first-order valence-electron chi connectivity index (χ1n) is 13.7. The maximum atomic E-state index is 11.3. The van der Waals surface area contributed by atoms with E-state index in [0.29, 0.717) is 17.4 Å². The lowest BCUT2D eigenvalue weighted by molar-refractivity contribution is -0.141. The van der Waals surface area contributed by atoms with Gasteiger partial charge in [0.05, 0.1) is 23.0 Å². The van der Waals surface area contributed by atoms with E-state index in [2.05, 4.69) is 62.9 Å². The fourth-order valence-electron chi connectivity index (χ4n) is 5.48. The summed E-state index contributed by atoms with van der Waals surface area (Å²) >= 11 is 6.15. The van der Waals surface area contributed by atoms with Crippen LogP contribution in [0.15, 0.2) is 83.8 Å². The molecule has 2 aromatic rings. The van der Waals surface area contributed by atoms with Crippen molar-refractivity contribution in [2.24, 2.45) is 11.8 Å². The molecule has 0 saturated carbocycles. The topological polar surface area (TPSA) is 67.8 Å². The highest BCUT2D eigenvalue weighted by atomic mass is 35.5. The number of carbonyl (C=O) groups is 1. The van der Waals surface area contributed by atoms with E-state index in [4.69, 9.17) is 11.6 Å². The van der Waals surface area contributed by atoms with Crippen LogP contribution in [0.5, 0.6) is 0 Å². The number of carboxylic acid groups (broad SMARTS) is 1. The number of allylic oxidation sites excluding steroid dienone is 2. The van der Waals surface area contributed by atoms with Crippen LogP contribution in [0.1, 0.15) is 38.2 Å². The molecule has 0 bridgehead atoms. The van der Waals surface area contributed by atoms with Gasteiger partial charge in [0.15, 0.2) is 0 Å². The van der Waals surface area contributed by atoms with Gasteiger partial charge in [-0.2, -0.15) is 0 Å². The Kier molecular flexibility index (Phi) is 8.40. The number of halogens is 1. The molecule has 1 aliphatic carbocycles. The number of nitrogens with zero attached hydrogens (tertiary/aromatic N) is 2. The molecule has 2 aromatic carbocycles. The highest BCUT2D eigenvalue weighted by Gasteiger charge is 2.26. The summed E-state index contributed by atoms with van der Waals surface area (Å²) in [4.78, 5) is 16.4. The van der Waals surface area contributed by atoms with Crippen LogP contribution in [-0.2, 0) is 4.79 Å². The second-order valence-corrected chi connectivity index (χ2v) is 11.0. The third kappa shape index (κ3) is 6.43. The molecule has 0 radical (unpaired) electrons. The van der Waals surface area contributed by atoms with E-state index in [9.17, 15) is 9.90 Å². The van der Waals surface area contributed by atoms with E-state index < -0.39 is 5.97 Å². The minimum Gasteiger partial charge on any atom is -0.481 e. The first-order valence-corrected chi connectivity index (χ1v) is 14.0. The molecule has 1 fully saturated rings. The summed E-state index contributed by atoms with van der Waals surface area (Å²) in [6.07, 6.45) is 7.92. The molecule has 38 heavy (non-hydrogen) atoms. The molecule has 2 aliphatic heterocycles. The molecule has 0 spiro atoms. The quantitative estimate of drug-likeness (QED) is 0.385. The van der Waals surface area contributed by atoms with Gasteiger partial charge in [-0.1, -0.05) is 61.0 Å². The largest absolute Gasteiger partial charge is 0.481 e. The lowest BCUT2D eigenvalue weighted by atomic mass is 9.93. The van der Waals surface area contributed by atoms with Crippen LogP contribution < -0.4 is 15.5 Å². The van der Waals surface area contributed by atoms with Crippen molar-refractivity contribution in [1.29, 1.82) is 0 Å². The summed E-state index contributed by atoms with van der Waals surface area (Å²) in [5.74, 6) is -0.627. The number of piperazine rings is 1. The number of rotatable bonds is 9. The zero-order valence-electron chi connectivity index (χ0n) is 22.0. The van der Waals surface area contributed by atoms with Gasteiger partial charge in [-0.05, 0) is 61.4 Å². The molecular formula is C31H37ClN4O2. The fraction of sp³-hybridized carbons (Fsp3) is 0.387. The Labute approximate surface area is 230 Å². The number of anilines is 1. The Morgan fingerprint density at radius 3 is 2.47 bits per heavy atom. The second-order valence-electron chi connectivity index (χ2n) is 10.6. The number of hydrogen-bond acceptors (Lipinski definition) is 5. The van der Waals surface area contributed by atoms with Crippen LogP contribution in [-0.4, -0.2) is 48.7 Å². The Morgan fingerprint density at radius 1 is 1.03 bits per heavy atom. The second kappa shape index (κ2) is 12.1. The third-order valence-corrected chi connectivity index (χ3v) is 8.02. The maximum Gasteiger partial charge on any atom is 0.306 e. The van der Waals surface area contributed by atoms with Gasteiger partial charge in [-0.25, -0.2) is 0 Å².